The summed E-state index contributed by atoms with van der Waals surface area (Å²) in [7, 11) is -3.68. The minimum Gasteiger partial charge on any atom is -0.328 e. The highest BCUT2D eigenvalue weighted by Gasteiger charge is 2.30. The lowest BCUT2D eigenvalue weighted by atomic mass is 10.2. The van der Waals surface area contributed by atoms with Gasteiger partial charge in [-0.05, 0) is 19.3 Å². The molecule has 2 aromatic heterocycles. The molecule has 104 valence electrons. The Kier molecular flexibility index (Phi) is 3.30. The fourth-order valence-electron chi connectivity index (χ4n) is 2.38. The monoisotopic (exact) mass is 320 g/mol. The molecule has 1 aliphatic rings. The third kappa shape index (κ3) is 2.38. The van der Waals surface area contributed by atoms with Gasteiger partial charge < -0.3 is 5.73 Å². The van der Waals surface area contributed by atoms with Crippen LogP contribution in [0.3, 0.4) is 0 Å². The van der Waals surface area contributed by atoms with Crippen LogP contribution in [0, 0.1) is 0 Å². The Balaban J connectivity index is 1.95. The molecule has 0 aliphatic heterocycles. The minimum atomic E-state index is -3.68. The molecule has 0 bridgehead atoms. The molecular formula is C10H13ClN4O2S2. The molecule has 0 unspecified atom stereocenters. The van der Waals surface area contributed by atoms with Crippen LogP contribution in [0.2, 0.25) is 5.15 Å². The lowest BCUT2D eigenvalue weighted by molar-refractivity contribution is 0.545. The zero-order valence-corrected chi connectivity index (χ0v) is 12.3. The van der Waals surface area contributed by atoms with Gasteiger partial charge in [-0.2, -0.15) is 0 Å². The van der Waals surface area contributed by atoms with Gasteiger partial charge in [0.05, 0.1) is 0 Å². The van der Waals surface area contributed by atoms with Crippen molar-refractivity contribution in [3.05, 3.63) is 16.7 Å². The quantitative estimate of drug-likeness (QED) is 0.889. The number of sulfonamides is 1. The van der Waals surface area contributed by atoms with Crippen LogP contribution in [0.1, 0.15) is 19.3 Å². The van der Waals surface area contributed by atoms with E-state index in [-0.39, 0.29) is 22.3 Å². The lowest BCUT2D eigenvalue weighted by Crippen LogP contribution is -2.34. The molecule has 19 heavy (non-hydrogen) atoms. The van der Waals surface area contributed by atoms with E-state index < -0.39 is 10.0 Å². The van der Waals surface area contributed by atoms with Crippen molar-refractivity contribution in [2.24, 2.45) is 5.73 Å². The predicted molar refractivity (Wildman–Crippen MR) is 74.0 cm³/mol. The molecule has 0 amide bonds. The number of halogens is 1. The average Bonchev–Trinajstić information content (AvgIpc) is 2.93. The molecule has 9 heteroatoms. The van der Waals surface area contributed by atoms with Gasteiger partial charge in [-0.25, -0.2) is 18.1 Å². The van der Waals surface area contributed by atoms with Crippen molar-refractivity contribution in [3.63, 3.8) is 0 Å². The SMILES string of the molecule is N[C@H]1CC[C@H](NS(=O)(=O)c2c(Cl)nc3sccn23)C1. The first-order valence-corrected chi connectivity index (χ1v) is 8.60. The smallest absolute Gasteiger partial charge is 0.260 e. The van der Waals surface area contributed by atoms with E-state index in [1.165, 1.54) is 15.7 Å². The molecule has 2 heterocycles. The molecule has 6 nitrogen and oxygen atoms in total. The third-order valence-corrected chi connectivity index (χ3v) is 5.90. The highest BCUT2D eigenvalue weighted by Crippen LogP contribution is 2.27. The Morgan fingerprint density at radius 1 is 1.53 bits per heavy atom. The first kappa shape index (κ1) is 13.3. The van der Waals surface area contributed by atoms with Crippen molar-refractivity contribution in [2.75, 3.05) is 0 Å². The van der Waals surface area contributed by atoms with E-state index >= 15 is 0 Å². The van der Waals surface area contributed by atoms with Gasteiger partial charge >= 0.3 is 0 Å². The molecular weight excluding hydrogens is 308 g/mol. The number of hydrogen-bond donors (Lipinski definition) is 2. The first-order chi connectivity index (χ1) is 8.97. The van der Waals surface area contributed by atoms with Gasteiger partial charge in [0, 0.05) is 23.7 Å². The second kappa shape index (κ2) is 4.71. The Morgan fingerprint density at radius 3 is 3.00 bits per heavy atom. The summed E-state index contributed by atoms with van der Waals surface area (Å²) < 4.78 is 28.9. The number of aromatic nitrogens is 2. The maximum atomic E-state index is 12.4. The maximum absolute atomic E-state index is 12.4. The summed E-state index contributed by atoms with van der Waals surface area (Å²) in [6, 6.07) is -0.0602. The van der Waals surface area contributed by atoms with Crippen molar-refractivity contribution in [1.82, 2.24) is 14.1 Å². The third-order valence-electron chi connectivity index (χ3n) is 3.23. The van der Waals surface area contributed by atoms with E-state index in [1.54, 1.807) is 11.6 Å². The normalized spacial score (nSPS) is 24.3. The number of nitrogens with two attached hydrogens (primary N) is 1. The number of fused-ring (bicyclic) bond motifs is 1. The molecule has 0 spiro atoms. The van der Waals surface area contributed by atoms with Gasteiger partial charge in [-0.3, -0.25) is 4.40 Å². The van der Waals surface area contributed by atoms with Gasteiger partial charge in [0.2, 0.25) is 0 Å². The molecule has 1 aliphatic carbocycles. The number of rotatable bonds is 3. The predicted octanol–water partition coefficient (Wildman–Crippen LogP) is 1.21. The highest BCUT2D eigenvalue weighted by atomic mass is 35.5. The number of imidazole rings is 1. The Morgan fingerprint density at radius 2 is 2.32 bits per heavy atom. The summed E-state index contributed by atoms with van der Waals surface area (Å²) in [5.74, 6) is 0. The minimum absolute atomic E-state index is 0.00152. The van der Waals surface area contributed by atoms with E-state index in [0.717, 1.165) is 12.8 Å². The van der Waals surface area contributed by atoms with E-state index in [2.05, 4.69) is 9.71 Å². The standard InChI is InChI=1S/C10H13ClN4O2S2/c11-8-9(15-3-4-18-10(15)13-8)19(16,17)14-7-2-1-6(12)5-7/h3-4,6-7,14H,1-2,5,12H2/t6-,7-/m0/s1. The lowest BCUT2D eigenvalue weighted by Gasteiger charge is -2.12. The number of hydrogen-bond acceptors (Lipinski definition) is 5. The van der Waals surface area contributed by atoms with Crippen LogP contribution in [0.25, 0.3) is 4.96 Å². The summed E-state index contributed by atoms with van der Waals surface area (Å²) in [6.07, 6.45) is 3.89. The molecule has 3 N–H and O–H groups in total. The number of nitrogens with one attached hydrogen (secondary N) is 1. The van der Waals surface area contributed by atoms with Crippen LogP contribution in [0.15, 0.2) is 16.6 Å². The summed E-state index contributed by atoms with van der Waals surface area (Å²) in [4.78, 5) is 4.60. The summed E-state index contributed by atoms with van der Waals surface area (Å²) in [6.45, 7) is 0. The van der Waals surface area contributed by atoms with Gasteiger partial charge in [0.25, 0.3) is 10.0 Å². The first-order valence-electron chi connectivity index (χ1n) is 5.86. The van der Waals surface area contributed by atoms with Crippen molar-refractivity contribution in [2.45, 2.75) is 36.4 Å². The molecule has 2 aromatic rings. The zero-order chi connectivity index (χ0) is 13.6. The van der Waals surface area contributed by atoms with Gasteiger partial charge in [-0.1, -0.05) is 11.6 Å². The molecule has 3 rings (SSSR count). The van der Waals surface area contributed by atoms with Crippen molar-refractivity contribution in [3.8, 4) is 0 Å². The van der Waals surface area contributed by atoms with Crippen LogP contribution in [-0.2, 0) is 10.0 Å². The summed E-state index contributed by atoms with van der Waals surface area (Å²) >= 11 is 7.28. The fourth-order valence-corrected chi connectivity index (χ4v) is 5.11. The molecule has 0 saturated heterocycles. The topological polar surface area (TPSA) is 89.5 Å². The van der Waals surface area contributed by atoms with Crippen molar-refractivity contribution < 1.29 is 8.42 Å². The molecule has 0 aromatic carbocycles. The van der Waals surface area contributed by atoms with Crippen LogP contribution >= 0.6 is 22.9 Å². The molecule has 0 radical (unpaired) electrons. The van der Waals surface area contributed by atoms with E-state index in [1.807, 2.05) is 0 Å². The molecule has 1 saturated carbocycles. The molecule has 1 fully saturated rings. The van der Waals surface area contributed by atoms with Crippen LogP contribution < -0.4 is 10.5 Å². The second-order valence-corrected chi connectivity index (χ2v) is 7.51. The number of thiazole rings is 1. The Hall–Kier alpha value is -0.670. The van der Waals surface area contributed by atoms with Gasteiger partial charge in [0.1, 0.15) is 0 Å². The highest BCUT2D eigenvalue weighted by molar-refractivity contribution is 7.89. The van der Waals surface area contributed by atoms with E-state index in [9.17, 15) is 8.42 Å². The van der Waals surface area contributed by atoms with Crippen LogP contribution in [0.5, 0.6) is 0 Å². The second-order valence-electron chi connectivity index (χ2n) is 4.65. The van der Waals surface area contributed by atoms with E-state index in [4.69, 9.17) is 17.3 Å². The van der Waals surface area contributed by atoms with Gasteiger partial charge in [0.15, 0.2) is 15.1 Å². The largest absolute Gasteiger partial charge is 0.328 e. The van der Waals surface area contributed by atoms with Crippen LogP contribution in [0.4, 0.5) is 0 Å². The van der Waals surface area contributed by atoms with E-state index in [0.29, 0.717) is 11.4 Å². The van der Waals surface area contributed by atoms with Gasteiger partial charge in [-0.15, -0.1) is 11.3 Å². The van der Waals surface area contributed by atoms with Crippen LogP contribution in [-0.4, -0.2) is 29.9 Å². The number of nitrogens with zero attached hydrogens (tertiary/aromatic N) is 2. The maximum Gasteiger partial charge on any atom is 0.260 e. The summed E-state index contributed by atoms with van der Waals surface area (Å²) in [5.41, 5.74) is 5.79. The van der Waals surface area contributed by atoms with Crippen molar-refractivity contribution in [1.29, 1.82) is 0 Å². The zero-order valence-electron chi connectivity index (χ0n) is 9.91. The Bertz CT molecular complexity index is 708. The van der Waals surface area contributed by atoms with Crippen molar-refractivity contribution >= 4 is 37.9 Å². The Labute approximate surface area is 119 Å². The molecule has 2 atom stereocenters. The average molecular weight is 321 g/mol. The fraction of sp³-hybridized carbons (Fsp3) is 0.500. The summed E-state index contributed by atoms with van der Waals surface area (Å²) in [5, 5.41) is 1.77.